The van der Waals surface area contributed by atoms with Gasteiger partial charge in [-0.25, -0.2) is 0 Å². The summed E-state index contributed by atoms with van der Waals surface area (Å²) in [6, 6.07) is 15.1. The van der Waals surface area contributed by atoms with Gasteiger partial charge in [0.15, 0.2) is 0 Å². The minimum atomic E-state index is -0.300. The molecule has 2 aromatic carbocycles. The Morgan fingerprint density at radius 2 is 1.88 bits per heavy atom. The van der Waals surface area contributed by atoms with Crippen LogP contribution in [0.5, 0.6) is 0 Å². The predicted octanol–water partition coefficient (Wildman–Crippen LogP) is 2.37. The quantitative estimate of drug-likeness (QED) is 0.672. The first kappa shape index (κ1) is 20.2. The minimum Gasteiger partial charge on any atom is -0.343 e. The molecule has 32 heavy (non-hydrogen) atoms. The fourth-order valence-electron chi connectivity index (χ4n) is 4.53. The summed E-state index contributed by atoms with van der Waals surface area (Å²) < 4.78 is 1.99. The van der Waals surface area contributed by atoms with Gasteiger partial charge in [0, 0.05) is 42.7 Å². The summed E-state index contributed by atoms with van der Waals surface area (Å²) in [5.41, 5.74) is 2.34. The number of carbonyl (C=O) groups is 3. The lowest BCUT2D eigenvalue weighted by molar-refractivity contribution is -0.129. The van der Waals surface area contributed by atoms with E-state index in [0.29, 0.717) is 31.6 Å². The van der Waals surface area contributed by atoms with Crippen LogP contribution >= 0.6 is 0 Å². The zero-order valence-corrected chi connectivity index (χ0v) is 17.7. The maximum absolute atomic E-state index is 12.7. The number of rotatable bonds is 5. The number of hydrogen-bond donors (Lipinski definition) is 1. The van der Waals surface area contributed by atoms with Gasteiger partial charge >= 0.3 is 0 Å². The molecule has 1 aromatic heterocycles. The van der Waals surface area contributed by atoms with Gasteiger partial charge in [0.25, 0.3) is 5.91 Å². The van der Waals surface area contributed by atoms with Crippen molar-refractivity contribution in [2.75, 3.05) is 31.1 Å². The summed E-state index contributed by atoms with van der Waals surface area (Å²) in [6.45, 7) is 1.90. The highest BCUT2D eigenvalue weighted by Crippen LogP contribution is 2.25. The summed E-state index contributed by atoms with van der Waals surface area (Å²) in [7, 11) is 0. The van der Waals surface area contributed by atoms with Crippen molar-refractivity contribution in [2.45, 2.75) is 25.3 Å². The van der Waals surface area contributed by atoms with E-state index in [-0.39, 0.29) is 30.3 Å². The zero-order chi connectivity index (χ0) is 22.1. The van der Waals surface area contributed by atoms with Crippen molar-refractivity contribution in [3.63, 3.8) is 0 Å². The minimum absolute atomic E-state index is 0.0439. The third-order valence-electron chi connectivity index (χ3n) is 6.28. The van der Waals surface area contributed by atoms with Crippen LogP contribution in [-0.4, -0.2) is 58.6 Å². The van der Waals surface area contributed by atoms with E-state index in [2.05, 4.69) is 10.4 Å². The highest BCUT2D eigenvalue weighted by atomic mass is 16.2. The molecule has 2 aliphatic rings. The third-order valence-corrected chi connectivity index (χ3v) is 6.28. The van der Waals surface area contributed by atoms with E-state index in [9.17, 15) is 14.4 Å². The molecule has 164 valence electrons. The topological polar surface area (TPSA) is 87.5 Å². The number of nitrogens with zero attached hydrogens (tertiary/aromatic N) is 4. The van der Waals surface area contributed by atoms with E-state index in [1.165, 1.54) is 0 Å². The van der Waals surface area contributed by atoms with Crippen molar-refractivity contribution < 1.29 is 14.4 Å². The number of aromatic nitrogens is 2. The van der Waals surface area contributed by atoms with Crippen LogP contribution in [-0.2, 0) is 9.59 Å². The molecule has 3 heterocycles. The van der Waals surface area contributed by atoms with E-state index in [1.807, 2.05) is 35.1 Å². The first-order valence-corrected chi connectivity index (χ1v) is 11.0. The molecule has 0 saturated carbocycles. The maximum Gasteiger partial charge on any atom is 0.251 e. The molecule has 2 aliphatic heterocycles. The summed E-state index contributed by atoms with van der Waals surface area (Å²) in [5, 5.41) is 8.32. The van der Waals surface area contributed by atoms with Gasteiger partial charge < -0.3 is 15.1 Å². The molecular formula is C24H25N5O3. The van der Waals surface area contributed by atoms with E-state index >= 15 is 0 Å². The van der Waals surface area contributed by atoms with E-state index in [1.54, 1.807) is 34.1 Å². The molecule has 0 bridgehead atoms. The monoisotopic (exact) mass is 431 g/mol. The van der Waals surface area contributed by atoms with Crippen LogP contribution in [0.4, 0.5) is 5.69 Å². The molecule has 0 spiro atoms. The Kier molecular flexibility index (Phi) is 5.34. The van der Waals surface area contributed by atoms with Gasteiger partial charge in [-0.15, -0.1) is 0 Å². The van der Waals surface area contributed by atoms with Crippen LogP contribution in [0.15, 0.2) is 54.7 Å². The summed E-state index contributed by atoms with van der Waals surface area (Å²) in [6.07, 6.45) is 4.11. The van der Waals surface area contributed by atoms with Crippen molar-refractivity contribution in [3.8, 4) is 0 Å². The fraction of sp³-hybridized carbons (Fsp3) is 0.333. The number of hydrogen-bond acceptors (Lipinski definition) is 4. The Balaban J connectivity index is 1.15. The Bertz CT molecular complexity index is 1170. The van der Waals surface area contributed by atoms with Gasteiger partial charge in [-0.05, 0) is 43.2 Å². The Hall–Kier alpha value is -3.68. The zero-order valence-electron chi connectivity index (χ0n) is 17.7. The van der Waals surface area contributed by atoms with Gasteiger partial charge in [0.1, 0.15) is 0 Å². The Morgan fingerprint density at radius 1 is 1.06 bits per heavy atom. The SMILES string of the molecule is O=C(NCC(=O)N1CCC(n2ncc3ccccc32)C1)c1ccc(N2CCCC2=O)cc1. The van der Waals surface area contributed by atoms with Gasteiger partial charge in [0.2, 0.25) is 11.8 Å². The Morgan fingerprint density at radius 3 is 2.66 bits per heavy atom. The lowest BCUT2D eigenvalue weighted by Crippen LogP contribution is -2.39. The molecule has 0 radical (unpaired) electrons. The van der Waals surface area contributed by atoms with Crippen LogP contribution in [0.2, 0.25) is 0 Å². The van der Waals surface area contributed by atoms with Crippen molar-refractivity contribution in [1.82, 2.24) is 20.0 Å². The van der Waals surface area contributed by atoms with Crippen LogP contribution < -0.4 is 10.2 Å². The highest BCUT2D eigenvalue weighted by Gasteiger charge is 2.29. The van der Waals surface area contributed by atoms with Gasteiger partial charge in [-0.3, -0.25) is 19.1 Å². The molecule has 8 heteroatoms. The smallest absolute Gasteiger partial charge is 0.251 e. The second kappa shape index (κ2) is 8.45. The van der Waals surface area contributed by atoms with Crippen LogP contribution in [0.25, 0.3) is 10.9 Å². The summed E-state index contributed by atoms with van der Waals surface area (Å²) in [4.78, 5) is 40.5. The summed E-state index contributed by atoms with van der Waals surface area (Å²) >= 11 is 0. The normalized spacial score (nSPS) is 18.5. The predicted molar refractivity (Wildman–Crippen MR) is 120 cm³/mol. The van der Waals surface area contributed by atoms with Gasteiger partial charge in [0.05, 0.1) is 24.3 Å². The largest absolute Gasteiger partial charge is 0.343 e. The fourth-order valence-corrected chi connectivity index (χ4v) is 4.53. The molecule has 2 fully saturated rings. The number of benzene rings is 2. The van der Waals surface area contributed by atoms with Gasteiger partial charge in [-0.2, -0.15) is 5.10 Å². The lowest BCUT2D eigenvalue weighted by Gasteiger charge is -2.18. The molecule has 0 aliphatic carbocycles. The van der Waals surface area contributed by atoms with Crippen molar-refractivity contribution in [3.05, 3.63) is 60.3 Å². The maximum atomic E-state index is 12.7. The lowest BCUT2D eigenvalue weighted by atomic mass is 10.2. The molecule has 2 saturated heterocycles. The standard InChI is InChI=1S/C24H25N5O3/c30-22-6-3-12-28(22)19-9-7-17(8-10-19)24(32)25-15-23(31)27-13-11-20(16-27)29-21-5-2-1-4-18(21)14-26-29/h1-2,4-5,7-10,14,20H,3,6,11-13,15-16H2,(H,25,32). The number of nitrogens with one attached hydrogen (secondary N) is 1. The van der Waals surface area contributed by atoms with Gasteiger partial charge in [-0.1, -0.05) is 18.2 Å². The first-order chi connectivity index (χ1) is 15.6. The van der Waals surface area contributed by atoms with Crippen LogP contribution in [0.3, 0.4) is 0 Å². The average molecular weight is 431 g/mol. The molecule has 8 nitrogen and oxygen atoms in total. The van der Waals surface area contributed by atoms with E-state index in [0.717, 1.165) is 29.4 Å². The Labute approximate surface area is 185 Å². The second-order valence-electron chi connectivity index (χ2n) is 8.31. The van der Waals surface area contributed by atoms with E-state index in [4.69, 9.17) is 0 Å². The summed E-state index contributed by atoms with van der Waals surface area (Å²) in [5.74, 6) is -0.289. The third kappa shape index (κ3) is 3.84. The number of fused-ring (bicyclic) bond motifs is 1. The molecule has 5 rings (SSSR count). The van der Waals surface area contributed by atoms with Crippen molar-refractivity contribution >= 4 is 34.3 Å². The number of likely N-dealkylation sites (tertiary alicyclic amines) is 1. The molecule has 1 N–H and O–H groups in total. The van der Waals surface area contributed by atoms with Crippen molar-refractivity contribution in [1.29, 1.82) is 0 Å². The average Bonchev–Trinajstić information content (AvgIpc) is 3.56. The number of amides is 3. The number of anilines is 1. The molecule has 1 atom stereocenters. The second-order valence-corrected chi connectivity index (χ2v) is 8.31. The van der Waals surface area contributed by atoms with E-state index < -0.39 is 0 Å². The molecule has 3 aromatic rings. The van der Waals surface area contributed by atoms with Crippen molar-refractivity contribution in [2.24, 2.45) is 0 Å². The highest BCUT2D eigenvalue weighted by molar-refractivity contribution is 5.98. The molecule has 3 amide bonds. The van der Waals surface area contributed by atoms with Crippen LogP contribution in [0.1, 0.15) is 35.7 Å². The number of carbonyl (C=O) groups excluding carboxylic acids is 3. The first-order valence-electron chi connectivity index (χ1n) is 11.0. The molecular weight excluding hydrogens is 406 g/mol. The number of para-hydroxylation sites is 1. The molecule has 1 unspecified atom stereocenters. The van der Waals surface area contributed by atoms with Crippen LogP contribution in [0, 0.1) is 0 Å².